The number of nitrogens with zero attached hydrogens (tertiary/aromatic N) is 2. The molecule has 2 fully saturated rings. The highest BCUT2D eigenvalue weighted by molar-refractivity contribution is 5.99. The molecule has 1 N–H and O–H groups in total. The van der Waals surface area contributed by atoms with Crippen LogP contribution < -0.4 is 10.2 Å². The lowest BCUT2D eigenvalue weighted by Crippen LogP contribution is -2.39. The van der Waals surface area contributed by atoms with Crippen molar-refractivity contribution in [3.63, 3.8) is 0 Å². The van der Waals surface area contributed by atoms with Crippen molar-refractivity contribution in [1.29, 1.82) is 0 Å². The normalized spacial score (nSPS) is 23.0. The third kappa shape index (κ3) is 4.32. The predicted molar refractivity (Wildman–Crippen MR) is 109 cm³/mol. The maximum absolute atomic E-state index is 13.0. The summed E-state index contributed by atoms with van der Waals surface area (Å²) < 4.78 is 0. The molecule has 1 saturated carbocycles. The third-order valence-electron chi connectivity index (χ3n) is 6.02. The SMILES string of the molecule is O=C(NC1CCC(c2ccccc2)CC1)c1cccnc1N1CCCCC1. The second-order valence-electron chi connectivity index (χ2n) is 7.85. The summed E-state index contributed by atoms with van der Waals surface area (Å²) in [7, 11) is 0. The minimum absolute atomic E-state index is 0.0341. The van der Waals surface area contributed by atoms with Gasteiger partial charge in [-0.05, 0) is 68.6 Å². The van der Waals surface area contributed by atoms with Gasteiger partial charge in [0, 0.05) is 25.3 Å². The zero-order valence-electron chi connectivity index (χ0n) is 15.9. The lowest BCUT2D eigenvalue weighted by Gasteiger charge is -2.31. The highest BCUT2D eigenvalue weighted by Gasteiger charge is 2.25. The Morgan fingerprint density at radius 3 is 2.41 bits per heavy atom. The first-order valence-corrected chi connectivity index (χ1v) is 10.4. The van der Waals surface area contributed by atoms with Crippen LogP contribution in [0.3, 0.4) is 0 Å². The molecule has 1 aromatic carbocycles. The van der Waals surface area contributed by atoms with Gasteiger partial charge in [-0.1, -0.05) is 30.3 Å². The Morgan fingerprint density at radius 1 is 0.926 bits per heavy atom. The molecule has 0 spiro atoms. The molecule has 2 aliphatic rings. The first kappa shape index (κ1) is 18.0. The minimum atomic E-state index is 0.0341. The van der Waals surface area contributed by atoms with Gasteiger partial charge in [0.25, 0.3) is 5.91 Å². The molecule has 1 aliphatic heterocycles. The lowest BCUT2D eigenvalue weighted by molar-refractivity contribution is 0.0926. The molecule has 0 radical (unpaired) electrons. The second-order valence-corrected chi connectivity index (χ2v) is 7.85. The van der Waals surface area contributed by atoms with Crippen molar-refractivity contribution in [3.05, 3.63) is 59.8 Å². The van der Waals surface area contributed by atoms with Crippen molar-refractivity contribution in [2.75, 3.05) is 18.0 Å². The van der Waals surface area contributed by atoms with Crippen LogP contribution >= 0.6 is 0 Å². The molecule has 1 aliphatic carbocycles. The van der Waals surface area contributed by atoms with E-state index in [9.17, 15) is 4.79 Å². The third-order valence-corrected chi connectivity index (χ3v) is 6.02. The van der Waals surface area contributed by atoms with Gasteiger partial charge in [0.05, 0.1) is 5.56 Å². The van der Waals surface area contributed by atoms with Gasteiger partial charge in [-0.2, -0.15) is 0 Å². The molecule has 27 heavy (non-hydrogen) atoms. The van der Waals surface area contributed by atoms with Gasteiger partial charge in [-0.25, -0.2) is 4.98 Å². The Morgan fingerprint density at radius 2 is 1.67 bits per heavy atom. The molecule has 0 bridgehead atoms. The van der Waals surface area contributed by atoms with Crippen LogP contribution in [0, 0.1) is 0 Å². The molecule has 1 saturated heterocycles. The Hall–Kier alpha value is -2.36. The van der Waals surface area contributed by atoms with Crippen LogP contribution in [0.15, 0.2) is 48.7 Å². The number of nitrogens with one attached hydrogen (secondary N) is 1. The Labute approximate surface area is 162 Å². The van der Waals surface area contributed by atoms with Gasteiger partial charge >= 0.3 is 0 Å². The number of anilines is 1. The van der Waals surface area contributed by atoms with Crippen molar-refractivity contribution in [2.24, 2.45) is 0 Å². The zero-order valence-corrected chi connectivity index (χ0v) is 15.9. The number of rotatable bonds is 4. The van der Waals surface area contributed by atoms with Gasteiger partial charge in [-0.15, -0.1) is 0 Å². The molecule has 4 heteroatoms. The van der Waals surface area contributed by atoms with Gasteiger partial charge < -0.3 is 10.2 Å². The quantitative estimate of drug-likeness (QED) is 0.868. The largest absolute Gasteiger partial charge is 0.356 e. The predicted octanol–water partition coefficient (Wildman–Crippen LogP) is 4.53. The summed E-state index contributed by atoms with van der Waals surface area (Å²) in [6, 6.07) is 14.8. The van der Waals surface area contributed by atoms with E-state index in [4.69, 9.17) is 0 Å². The number of benzene rings is 1. The summed E-state index contributed by atoms with van der Waals surface area (Å²) in [5.41, 5.74) is 2.16. The fourth-order valence-corrected chi connectivity index (χ4v) is 4.49. The standard InChI is InChI=1S/C23H29N3O/c27-23(21-10-7-15-24-22(21)26-16-5-2-6-17-26)25-20-13-11-19(12-14-20)18-8-3-1-4-9-18/h1,3-4,7-10,15,19-20H,2,5-6,11-14,16-17H2,(H,25,27). The maximum atomic E-state index is 13.0. The number of carbonyl (C=O) groups excluding carboxylic acids is 1. The molecule has 0 atom stereocenters. The minimum Gasteiger partial charge on any atom is -0.356 e. The van der Waals surface area contributed by atoms with Gasteiger partial charge in [0.15, 0.2) is 0 Å². The van der Waals surface area contributed by atoms with E-state index in [1.165, 1.54) is 24.8 Å². The van der Waals surface area contributed by atoms with Crippen molar-refractivity contribution >= 4 is 11.7 Å². The monoisotopic (exact) mass is 363 g/mol. The maximum Gasteiger partial charge on any atom is 0.255 e. The summed E-state index contributed by atoms with van der Waals surface area (Å²) in [6.45, 7) is 2.00. The summed E-state index contributed by atoms with van der Waals surface area (Å²) in [4.78, 5) is 19.8. The number of amides is 1. The van der Waals surface area contributed by atoms with Gasteiger partial charge in [-0.3, -0.25) is 4.79 Å². The molecule has 2 heterocycles. The number of hydrogen-bond acceptors (Lipinski definition) is 3. The Bertz CT molecular complexity index is 747. The van der Waals surface area contributed by atoms with E-state index < -0.39 is 0 Å². The van der Waals surface area contributed by atoms with Crippen molar-refractivity contribution in [3.8, 4) is 0 Å². The summed E-state index contributed by atoms with van der Waals surface area (Å²) in [6.07, 6.45) is 9.81. The molecule has 142 valence electrons. The number of hydrogen-bond donors (Lipinski definition) is 1. The second kappa shape index (κ2) is 8.55. The Balaban J connectivity index is 1.37. The average Bonchev–Trinajstić information content (AvgIpc) is 2.75. The van der Waals surface area contributed by atoms with E-state index in [1.54, 1.807) is 6.20 Å². The van der Waals surface area contributed by atoms with Gasteiger partial charge in [0.1, 0.15) is 5.82 Å². The first-order valence-electron chi connectivity index (χ1n) is 10.4. The number of carbonyl (C=O) groups is 1. The van der Waals surface area contributed by atoms with Gasteiger partial charge in [0.2, 0.25) is 0 Å². The van der Waals surface area contributed by atoms with Crippen LogP contribution in [0.4, 0.5) is 5.82 Å². The fraction of sp³-hybridized carbons (Fsp3) is 0.478. The van der Waals surface area contributed by atoms with E-state index in [0.29, 0.717) is 5.92 Å². The van der Waals surface area contributed by atoms with Crippen LogP contribution in [0.5, 0.6) is 0 Å². The molecule has 4 rings (SSSR count). The first-order chi connectivity index (χ1) is 13.3. The number of piperidine rings is 1. The van der Waals surface area contributed by atoms with Crippen LogP contribution in [-0.4, -0.2) is 30.0 Å². The lowest BCUT2D eigenvalue weighted by atomic mass is 9.82. The van der Waals surface area contributed by atoms with Crippen molar-refractivity contribution in [1.82, 2.24) is 10.3 Å². The van der Waals surface area contributed by atoms with Crippen molar-refractivity contribution < 1.29 is 4.79 Å². The zero-order chi connectivity index (χ0) is 18.5. The van der Waals surface area contributed by atoms with E-state index in [2.05, 4.69) is 45.5 Å². The summed E-state index contributed by atoms with van der Waals surface area (Å²) in [5.74, 6) is 1.51. The molecular weight excluding hydrogens is 334 g/mol. The molecule has 1 aromatic heterocycles. The number of pyridine rings is 1. The van der Waals surface area contributed by atoms with E-state index >= 15 is 0 Å². The van der Waals surface area contributed by atoms with E-state index in [1.807, 2.05) is 12.1 Å². The molecule has 4 nitrogen and oxygen atoms in total. The summed E-state index contributed by atoms with van der Waals surface area (Å²) >= 11 is 0. The summed E-state index contributed by atoms with van der Waals surface area (Å²) in [5, 5.41) is 3.28. The average molecular weight is 364 g/mol. The number of aromatic nitrogens is 1. The highest BCUT2D eigenvalue weighted by Crippen LogP contribution is 2.33. The van der Waals surface area contributed by atoms with Crippen LogP contribution in [-0.2, 0) is 0 Å². The smallest absolute Gasteiger partial charge is 0.255 e. The van der Waals surface area contributed by atoms with Crippen molar-refractivity contribution in [2.45, 2.75) is 56.9 Å². The molecule has 0 unspecified atom stereocenters. The molecule has 2 aromatic rings. The van der Waals surface area contributed by atoms with E-state index in [0.717, 1.165) is 50.2 Å². The van der Waals surface area contributed by atoms with E-state index in [-0.39, 0.29) is 11.9 Å². The molecular formula is C23H29N3O. The fourth-order valence-electron chi connectivity index (χ4n) is 4.49. The van der Waals surface area contributed by atoms with Crippen LogP contribution in [0.25, 0.3) is 0 Å². The topological polar surface area (TPSA) is 45.2 Å². The van der Waals surface area contributed by atoms with Crippen LogP contribution in [0.2, 0.25) is 0 Å². The molecule has 1 amide bonds. The van der Waals surface area contributed by atoms with Crippen LogP contribution in [0.1, 0.15) is 66.8 Å². The Kier molecular flexibility index (Phi) is 5.71. The highest BCUT2D eigenvalue weighted by atomic mass is 16.1.